The molecule has 3 nitrogen and oxygen atoms in total. The van der Waals surface area contributed by atoms with Gasteiger partial charge < -0.3 is 0 Å². The summed E-state index contributed by atoms with van der Waals surface area (Å²) in [6.07, 6.45) is 3.58. The topological polar surface area (TPSA) is 32.7 Å². The predicted molar refractivity (Wildman–Crippen MR) is 47.1 cm³/mol. The fraction of sp³-hybridized carbons (Fsp3) is 0.778. The monoisotopic (exact) mass is 166 g/mol. The van der Waals surface area contributed by atoms with E-state index in [0.717, 1.165) is 12.8 Å². The highest BCUT2D eigenvalue weighted by Crippen LogP contribution is 2.45. The maximum absolute atomic E-state index is 11.7. The molecular formula is C9H14N2O. The molecule has 0 bridgehead atoms. The molecule has 2 rings (SSSR count). The van der Waals surface area contributed by atoms with Gasteiger partial charge in [-0.2, -0.15) is 0 Å². The Labute approximate surface area is 72.5 Å². The summed E-state index contributed by atoms with van der Waals surface area (Å²) in [7, 11) is 0. The maximum atomic E-state index is 11.7. The van der Waals surface area contributed by atoms with Gasteiger partial charge in [0.15, 0.2) is 0 Å². The minimum absolute atomic E-state index is 0.118. The lowest BCUT2D eigenvalue weighted by molar-refractivity contribution is -0.131. The van der Waals surface area contributed by atoms with Crippen molar-refractivity contribution in [2.24, 2.45) is 4.99 Å². The van der Waals surface area contributed by atoms with E-state index in [4.69, 9.17) is 0 Å². The second-order valence-corrected chi connectivity index (χ2v) is 4.62. The minimum Gasteiger partial charge on any atom is -0.296 e. The summed E-state index contributed by atoms with van der Waals surface area (Å²) in [4.78, 5) is 17.7. The van der Waals surface area contributed by atoms with Crippen LogP contribution in [-0.4, -0.2) is 28.2 Å². The van der Waals surface area contributed by atoms with Gasteiger partial charge in [-0.25, -0.2) is 0 Å². The Kier molecular flexibility index (Phi) is 1.23. The van der Waals surface area contributed by atoms with E-state index in [2.05, 4.69) is 4.99 Å². The van der Waals surface area contributed by atoms with Crippen molar-refractivity contribution in [3.8, 4) is 0 Å². The zero-order valence-electron chi connectivity index (χ0n) is 7.79. The highest BCUT2D eigenvalue weighted by molar-refractivity contribution is 6.02. The second-order valence-electron chi connectivity index (χ2n) is 4.62. The molecule has 0 N–H and O–H groups in total. The van der Waals surface area contributed by atoms with Crippen molar-refractivity contribution in [2.75, 3.05) is 0 Å². The zero-order valence-corrected chi connectivity index (χ0v) is 7.79. The first-order chi connectivity index (χ1) is 5.46. The van der Waals surface area contributed by atoms with Crippen molar-refractivity contribution >= 4 is 12.2 Å². The lowest BCUT2D eigenvalue weighted by Crippen LogP contribution is -2.45. The third kappa shape index (κ3) is 0.886. The Morgan fingerprint density at radius 3 is 2.33 bits per heavy atom. The average Bonchev–Trinajstić information content (AvgIpc) is 2.58. The number of rotatable bonds is 0. The molecule has 0 aromatic rings. The molecule has 1 aliphatic heterocycles. The van der Waals surface area contributed by atoms with Gasteiger partial charge in [0.2, 0.25) is 0 Å². The third-order valence-electron chi connectivity index (χ3n) is 2.48. The first-order valence-corrected chi connectivity index (χ1v) is 4.35. The molecular weight excluding hydrogens is 152 g/mol. The van der Waals surface area contributed by atoms with Gasteiger partial charge in [0.25, 0.3) is 5.91 Å². The van der Waals surface area contributed by atoms with E-state index in [1.165, 1.54) is 0 Å². The molecule has 1 heterocycles. The quantitative estimate of drug-likeness (QED) is 0.532. The Morgan fingerprint density at radius 2 is 2.08 bits per heavy atom. The van der Waals surface area contributed by atoms with Gasteiger partial charge in [0.05, 0.1) is 6.34 Å². The molecule has 0 aromatic carbocycles. The number of amides is 1. The molecule has 1 fully saturated rings. The molecule has 2 aliphatic rings. The Balaban J connectivity index is 2.23. The molecule has 1 spiro atoms. The van der Waals surface area contributed by atoms with Crippen LogP contribution in [0.5, 0.6) is 0 Å². The van der Waals surface area contributed by atoms with E-state index in [9.17, 15) is 4.79 Å². The number of carbonyl (C=O) groups excluding carboxylic acids is 1. The van der Waals surface area contributed by atoms with Crippen molar-refractivity contribution in [1.82, 2.24) is 4.90 Å². The standard InChI is InChI=1S/C9H14N2O/c1-8(2,3)11-6-10-9(4-5-9)7(11)12/h6H,4-5H2,1-3H3. The van der Waals surface area contributed by atoms with Crippen LogP contribution in [0.1, 0.15) is 33.6 Å². The van der Waals surface area contributed by atoms with Crippen LogP contribution >= 0.6 is 0 Å². The Bertz CT molecular complexity index is 258. The van der Waals surface area contributed by atoms with Gasteiger partial charge in [-0.15, -0.1) is 0 Å². The molecule has 66 valence electrons. The predicted octanol–water partition coefficient (Wildman–Crippen LogP) is 1.19. The minimum atomic E-state index is -0.312. The number of carbonyl (C=O) groups is 1. The number of hydrogen-bond acceptors (Lipinski definition) is 2. The third-order valence-corrected chi connectivity index (χ3v) is 2.48. The van der Waals surface area contributed by atoms with Gasteiger partial charge in [0, 0.05) is 5.54 Å². The number of aliphatic imine (C=N–C) groups is 1. The SMILES string of the molecule is CC(C)(C)N1C=NC2(CC2)C1=O. The van der Waals surface area contributed by atoms with Crippen LogP contribution in [0.4, 0.5) is 0 Å². The van der Waals surface area contributed by atoms with E-state index < -0.39 is 0 Å². The fourth-order valence-electron chi connectivity index (χ4n) is 1.44. The van der Waals surface area contributed by atoms with E-state index in [1.54, 1.807) is 11.2 Å². The van der Waals surface area contributed by atoms with Crippen molar-refractivity contribution in [2.45, 2.75) is 44.7 Å². The summed E-state index contributed by atoms with van der Waals surface area (Å²) in [6, 6.07) is 0. The van der Waals surface area contributed by atoms with Crippen molar-refractivity contribution < 1.29 is 4.79 Å². The fourth-order valence-corrected chi connectivity index (χ4v) is 1.44. The summed E-state index contributed by atoms with van der Waals surface area (Å²) in [5.41, 5.74) is -0.431. The van der Waals surface area contributed by atoms with Crippen molar-refractivity contribution in [1.29, 1.82) is 0 Å². The van der Waals surface area contributed by atoms with E-state index in [-0.39, 0.29) is 17.0 Å². The van der Waals surface area contributed by atoms with Crippen LogP contribution < -0.4 is 0 Å². The molecule has 0 aromatic heterocycles. The summed E-state index contributed by atoms with van der Waals surface area (Å²) in [6.45, 7) is 6.08. The smallest absolute Gasteiger partial charge is 0.256 e. The van der Waals surface area contributed by atoms with Gasteiger partial charge in [-0.3, -0.25) is 14.7 Å². The summed E-state index contributed by atoms with van der Waals surface area (Å²) < 4.78 is 0. The van der Waals surface area contributed by atoms with E-state index in [0.29, 0.717) is 0 Å². The van der Waals surface area contributed by atoms with Crippen LogP contribution in [0.15, 0.2) is 4.99 Å². The van der Waals surface area contributed by atoms with Crippen LogP contribution in [0.2, 0.25) is 0 Å². The highest BCUT2D eigenvalue weighted by atomic mass is 16.2. The van der Waals surface area contributed by atoms with Crippen LogP contribution in [0.25, 0.3) is 0 Å². The summed E-state index contributed by atoms with van der Waals surface area (Å²) in [5.74, 6) is 0.190. The number of hydrogen-bond donors (Lipinski definition) is 0. The molecule has 1 aliphatic carbocycles. The largest absolute Gasteiger partial charge is 0.296 e. The zero-order chi connectivity index (χ0) is 8.98. The van der Waals surface area contributed by atoms with Gasteiger partial charge >= 0.3 is 0 Å². The molecule has 3 heteroatoms. The molecule has 1 saturated carbocycles. The maximum Gasteiger partial charge on any atom is 0.256 e. The van der Waals surface area contributed by atoms with Gasteiger partial charge in [-0.1, -0.05) is 0 Å². The normalized spacial score (nSPS) is 25.6. The van der Waals surface area contributed by atoms with Crippen molar-refractivity contribution in [3.63, 3.8) is 0 Å². The van der Waals surface area contributed by atoms with E-state index >= 15 is 0 Å². The van der Waals surface area contributed by atoms with Crippen LogP contribution in [-0.2, 0) is 4.79 Å². The Morgan fingerprint density at radius 1 is 1.50 bits per heavy atom. The summed E-state index contributed by atoms with van der Waals surface area (Å²) in [5, 5.41) is 0. The van der Waals surface area contributed by atoms with Crippen LogP contribution in [0, 0.1) is 0 Å². The second kappa shape index (κ2) is 1.90. The average molecular weight is 166 g/mol. The van der Waals surface area contributed by atoms with Gasteiger partial charge in [0.1, 0.15) is 5.54 Å². The molecule has 0 radical (unpaired) electrons. The molecule has 12 heavy (non-hydrogen) atoms. The first kappa shape index (κ1) is 7.77. The van der Waals surface area contributed by atoms with Crippen molar-refractivity contribution in [3.05, 3.63) is 0 Å². The molecule has 0 atom stereocenters. The highest BCUT2D eigenvalue weighted by Gasteiger charge is 2.56. The van der Waals surface area contributed by atoms with Crippen LogP contribution in [0.3, 0.4) is 0 Å². The summed E-state index contributed by atoms with van der Waals surface area (Å²) >= 11 is 0. The first-order valence-electron chi connectivity index (χ1n) is 4.35. The van der Waals surface area contributed by atoms with E-state index in [1.807, 2.05) is 20.8 Å². The molecule has 0 unspecified atom stereocenters. The molecule has 1 amide bonds. The lowest BCUT2D eigenvalue weighted by Gasteiger charge is -2.29. The lowest BCUT2D eigenvalue weighted by atomic mass is 10.1. The van der Waals surface area contributed by atoms with Gasteiger partial charge in [-0.05, 0) is 33.6 Å². The molecule has 0 saturated heterocycles. The Hall–Kier alpha value is -0.860. The number of nitrogens with zero attached hydrogens (tertiary/aromatic N) is 2.